The van der Waals surface area contributed by atoms with Crippen molar-refractivity contribution in [2.45, 2.75) is 138 Å². The molecule has 0 heterocycles. The summed E-state index contributed by atoms with van der Waals surface area (Å²) in [5.74, 6) is 0.0499. The summed E-state index contributed by atoms with van der Waals surface area (Å²) in [6.07, 6.45) is 7.55. The molecule has 0 aromatic heterocycles. The van der Waals surface area contributed by atoms with Crippen molar-refractivity contribution in [3.63, 3.8) is 0 Å². The average Bonchev–Trinajstić information content (AvgIpc) is 3.04. The lowest BCUT2D eigenvalue weighted by Crippen LogP contribution is -2.66. The summed E-state index contributed by atoms with van der Waals surface area (Å²) in [5.41, 5.74) is -0.213. The van der Waals surface area contributed by atoms with E-state index in [-0.39, 0.29) is 45.6 Å². The van der Waals surface area contributed by atoms with Crippen LogP contribution in [-0.2, 0) is 9.53 Å². The summed E-state index contributed by atoms with van der Waals surface area (Å²) in [5, 5.41) is 35.1. The van der Waals surface area contributed by atoms with Gasteiger partial charge in [0, 0.05) is 18.3 Å². The van der Waals surface area contributed by atoms with E-state index >= 15 is 0 Å². The topological polar surface area (TPSA) is 87.0 Å². The number of carbonyl (C=O) groups is 1. The average molecular weight is 519 g/mol. The summed E-state index contributed by atoms with van der Waals surface area (Å²) >= 11 is 0. The summed E-state index contributed by atoms with van der Waals surface area (Å²) in [7, 11) is 0. The SMILES string of the molecule is CC(=O)O[C@H]1CC[C@@]2(C)[C@H](CC[C@]3(C)[C@@H]2C[C@@H](O)[C@@H]2[C@@H]([C@@](C)(O)CCC=C(C)C)[C@@H](O)C[C@]23C)C1(C)C. The largest absolute Gasteiger partial charge is 0.462 e. The number of hydrogen-bond acceptors (Lipinski definition) is 5. The summed E-state index contributed by atoms with van der Waals surface area (Å²) in [4.78, 5) is 11.9. The van der Waals surface area contributed by atoms with Crippen LogP contribution in [0.15, 0.2) is 11.6 Å². The maximum atomic E-state index is 11.9. The molecule has 0 aliphatic heterocycles. The van der Waals surface area contributed by atoms with Gasteiger partial charge in [0.2, 0.25) is 0 Å². The van der Waals surface area contributed by atoms with Crippen LogP contribution in [0.3, 0.4) is 0 Å². The third-order valence-corrected chi connectivity index (χ3v) is 12.6. The van der Waals surface area contributed by atoms with Crippen molar-refractivity contribution < 1.29 is 24.9 Å². The minimum atomic E-state index is -1.04. The summed E-state index contributed by atoms with van der Waals surface area (Å²) < 4.78 is 5.83. The standard InChI is InChI=1S/C32H54O5/c1-19(2)11-10-14-32(9,36)27-22(35)18-31(8)26(27)21(34)17-24-29(6)15-13-25(37-20(3)33)28(4,5)23(29)12-16-30(24,31)7/h11,21-27,34-36H,10,12-18H2,1-9H3/t21-,22+,23-,24-,25+,26-,27+,29+,30-,31-,32+/m1/s1. The predicted octanol–water partition coefficient (Wildman–Crippen LogP) is 6.04. The van der Waals surface area contributed by atoms with E-state index in [1.165, 1.54) is 12.5 Å². The quantitative estimate of drug-likeness (QED) is 0.305. The van der Waals surface area contributed by atoms with E-state index in [1.54, 1.807) is 0 Å². The zero-order valence-corrected chi connectivity index (χ0v) is 24.9. The van der Waals surface area contributed by atoms with Crippen LogP contribution < -0.4 is 0 Å². The number of aliphatic hydroxyl groups is 3. The van der Waals surface area contributed by atoms with E-state index < -0.39 is 17.8 Å². The molecule has 5 heteroatoms. The Morgan fingerprint density at radius 2 is 1.62 bits per heavy atom. The molecular weight excluding hydrogens is 464 g/mol. The van der Waals surface area contributed by atoms with Crippen LogP contribution in [0.1, 0.15) is 114 Å². The van der Waals surface area contributed by atoms with Gasteiger partial charge in [0.05, 0.1) is 17.8 Å². The second-order valence-corrected chi connectivity index (χ2v) is 15.2. The number of ether oxygens (including phenoxy) is 1. The smallest absolute Gasteiger partial charge is 0.302 e. The Morgan fingerprint density at radius 3 is 2.22 bits per heavy atom. The number of fused-ring (bicyclic) bond motifs is 5. The fourth-order valence-electron chi connectivity index (χ4n) is 10.8. The van der Waals surface area contributed by atoms with Crippen molar-refractivity contribution in [1.82, 2.24) is 0 Å². The van der Waals surface area contributed by atoms with Gasteiger partial charge in [-0.25, -0.2) is 0 Å². The van der Waals surface area contributed by atoms with Crippen molar-refractivity contribution >= 4 is 5.97 Å². The molecule has 0 saturated heterocycles. The first-order valence-corrected chi connectivity index (χ1v) is 14.8. The molecule has 0 spiro atoms. The molecule has 4 fully saturated rings. The van der Waals surface area contributed by atoms with E-state index in [0.29, 0.717) is 31.1 Å². The lowest BCUT2D eigenvalue weighted by molar-refractivity contribution is -0.249. The molecule has 4 rings (SSSR count). The molecule has 4 aliphatic rings. The van der Waals surface area contributed by atoms with Gasteiger partial charge in [0.15, 0.2) is 0 Å². The second kappa shape index (κ2) is 9.34. The van der Waals surface area contributed by atoms with Crippen LogP contribution in [0.5, 0.6) is 0 Å². The molecular formula is C32H54O5. The zero-order chi connectivity index (χ0) is 27.8. The number of hydrogen-bond donors (Lipinski definition) is 3. The first-order chi connectivity index (χ1) is 16.9. The number of allylic oxidation sites excluding steroid dienone is 2. The Morgan fingerprint density at radius 1 is 0.973 bits per heavy atom. The minimum absolute atomic E-state index is 0.0249. The molecule has 4 saturated carbocycles. The molecule has 5 nitrogen and oxygen atoms in total. The summed E-state index contributed by atoms with van der Waals surface area (Å²) in [6.45, 7) is 19.2. The van der Waals surface area contributed by atoms with E-state index in [1.807, 2.05) is 6.92 Å². The van der Waals surface area contributed by atoms with E-state index in [2.05, 4.69) is 54.5 Å². The van der Waals surface area contributed by atoms with E-state index in [9.17, 15) is 20.1 Å². The summed E-state index contributed by atoms with van der Waals surface area (Å²) in [6, 6.07) is 0. The van der Waals surface area contributed by atoms with E-state index in [0.717, 1.165) is 32.1 Å². The third-order valence-electron chi connectivity index (χ3n) is 12.6. The fraction of sp³-hybridized carbons (Fsp3) is 0.906. The predicted molar refractivity (Wildman–Crippen MR) is 147 cm³/mol. The Hall–Kier alpha value is -0.910. The van der Waals surface area contributed by atoms with Crippen LogP contribution in [0.25, 0.3) is 0 Å². The highest BCUT2D eigenvalue weighted by atomic mass is 16.5. The molecule has 11 atom stereocenters. The highest BCUT2D eigenvalue weighted by Gasteiger charge is 2.73. The van der Waals surface area contributed by atoms with Gasteiger partial charge in [-0.05, 0) is 106 Å². The van der Waals surface area contributed by atoms with Crippen LogP contribution in [-0.4, -0.2) is 45.2 Å². The van der Waals surface area contributed by atoms with Gasteiger partial charge >= 0.3 is 5.97 Å². The number of esters is 1. The highest BCUT2D eigenvalue weighted by molar-refractivity contribution is 5.66. The Bertz CT molecular complexity index is 918. The van der Waals surface area contributed by atoms with Crippen molar-refractivity contribution in [3.05, 3.63) is 11.6 Å². The molecule has 3 N–H and O–H groups in total. The second-order valence-electron chi connectivity index (χ2n) is 15.2. The number of rotatable bonds is 5. The zero-order valence-electron chi connectivity index (χ0n) is 24.9. The molecule has 0 aromatic carbocycles. The fourth-order valence-corrected chi connectivity index (χ4v) is 10.8. The first kappa shape index (κ1) is 29.1. The molecule has 0 radical (unpaired) electrons. The Labute approximate surface area is 225 Å². The van der Waals surface area contributed by atoms with E-state index in [4.69, 9.17) is 4.74 Å². The van der Waals surface area contributed by atoms with Crippen LogP contribution in [0.4, 0.5) is 0 Å². The molecule has 0 unspecified atom stereocenters. The van der Waals surface area contributed by atoms with Crippen molar-refractivity contribution in [3.8, 4) is 0 Å². The maximum absolute atomic E-state index is 11.9. The monoisotopic (exact) mass is 518 g/mol. The first-order valence-electron chi connectivity index (χ1n) is 14.8. The van der Waals surface area contributed by atoms with Gasteiger partial charge in [-0.15, -0.1) is 0 Å². The lowest BCUT2D eigenvalue weighted by atomic mass is 9.35. The molecule has 0 aromatic rings. The lowest BCUT2D eigenvalue weighted by Gasteiger charge is -2.70. The maximum Gasteiger partial charge on any atom is 0.302 e. The molecule has 37 heavy (non-hydrogen) atoms. The van der Waals surface area contributed by atoms with Gasteiger partial charge < -0.3 is 20.1 Å². The third kappa shape index (κ3) is 4.34. The van der Waals surface area contributed by atoms with Crippen LogP contribution in [0.2, 0.25) is 0 Å². The minimum Gasteiger partial charge on any atom is -0.462 e. The number of carbonyl (C=O) groups excluding carboxylic acids is 1. The normalized spacial score (nSPS) is 48.2. The van der Waals surface area contributed by atoms with Crippen molar-refractivity contribution in [2.24, 2.45) is 45.3 Å². The highest BCUT2D eigenvalue weighted by Crippen LogP contribution is 2.75. The van der Waals surface area contributed by atoms with Gasteiger partial charge in [-0.1, -0.05) is 46.3 Å². The van der Waals surface area contributed by atoms with Crippen molar-refractivity contribution in [2.75, 3.05) is 0 Å². The Balaban J connectivity index is 1.68. The van der Waals surface area contributed by atoms with Crippen molar-refractivity contribution in [1.29, 1.82) is 0 Å². The Kier molecular flexibility index (Phi) is 7.34. The van der Waals surface area contributed by atoms with Gasteiger partial charge in [-0.2, -0.15) is 0 Å². The molecule has 0 bridgehead atoms. The van der Waals surface area contributed by atoms with Gasteiger partial charge in [-0.3, -0.25) is 4.79 Å². The molecule has 212 valence electrons. The molecule has 4 aliphatic carbocycles. The van der Waals surface area contributed by atoms with Crippen LogP contribution >= 0.6 is 0 Å². The number of aliphatic hydroxyl groups excluding tert-OH is 2. The molecule has 0 amide bonds. The van der Waals surface area contributed by atoms with Crippen LogP contribution in [0, 0.1) is 45.3 Å². The van der Waals surface area contributed by atoms with Gasteiger partial charge in [0.1, 0.15) is 6.10 Å². The van der Waals surface area contributed by atoms with Gasteiger partial charge in [0.25, 0.3) is 0 Å².